The molecule has 0 aliphatic carbocycles. The van der Waals surface area contributed by atoms with E-state index in [4.69, 9.17) is 25.8 Å². The Morgan fingerprint density at radius 3 is 2.06 bits per heavy atom. The Balaban J connectivity index is 1.76. The molecule has 3 aromatic carbocycles. The smallest absolute Gasteiger partial charge is 0.262 e. The van der Waals surface area contributed by atoms with Crippen molar-refractivity contribution in [1.82, 2.24) is 0 Å². The normalized spacial score (nSPS) is 10.6. The van der Waals surface area contributed by atoms with Gasteiger partial charge in [0, 0.05) is 22.7 Å². The minimum Gasteiger partial charge on any atom is -0.494 e. The van der Waals surface area contributed by atoms with Gasteiger partial charge in [-0.25, -0.2) is 0 Å². The van der Waals surface area contributed by atoms with Gasteiger partial charge in [0.15, 0.2) is 6.61 Å². The van der Waals surface area contributed by atoms with Crippen LogP contribution < -0.4 is 24.8 Å². The second kappa shape index (κ2) is 11.6. The standard InChI is InChI=1S/C27H29ClN2O5/c1-16(2)19-12-20(28)17(3)11-23(19)35-15-26(31)29-21-13-25(34-5)22(14-24(21)33-4)30-27(32)18-9-7-6-8-10-18/h6-14,16H,15H2,1-5H3,(H,29,31)(H,30,32). The molecule has 0 aromatic heterocycles. The molecule has 184 valence electrons. The van der Waals surface area contributed by atoms with Crippen molar-refractivity contribution in [3.05, 3.63) is 76.3 Å². The van der Waals surface area contributed by atoms with Gasteiger partial charge in [-0.3, -0.25) is 9.59 Å². The van der Waals surface area contributed by atoms with E-state index in [0.717, 1.165) is 11.1 Å². The molecule has 0 saturated carbocycles. The monoisotopic (exact) mass is 496 g/mol. The topological polar surface area (TPSA) is 85.9 Å². The maximum Gasteiger partial charge on any atom is 0.262 e. The number of carbonyl (C=O) groups is 2. The van der Waals surface area contributed by atoms with E-state index in [1.165, 1.54) is 14.2 Å². The molecule has 0 heterocycles. The van der Waals surface area contributed by atoms with E-state index in [2.05, 4.69) is 10.6 Å². The van der Waals surface area contributed by atoms with Gasteiger partial charge >= 0.3 is 0 Å². The van der Waals surface area contributed by atoms with Crippen molar-refractivity contribution in [1.29, 1.82) is 0 Å². The molecule has 8 heteroatoms. The average Bonchev–Trinajstić information content (AvgIpc) is 2.85. The summed E-state index contributed by atoms with van der Waals surface area (Å²) >= 11 is 6.25. The predicted octanol–water partition coefficient (Wildman–Crippen LogP) is 6.06. The zero-order valence-electron chi connectivity index (χ0n) is 20.4. The summed E-state index contributed by atoms with van der Waals surface area (Å²) in [5.74, 6) is 0.827. The highest BCUT2D eigenvalue weighted by Crippen LogP contribution is 2.37. The summed E-state index contributed by atoms with van der Waals surface area (Å²) in [7, 11) is 2.95. The molecule has 0 aliphatic heterocycles. The zero-order chi connectivity index (χ0) is 25.5. The molecular weight excluding hydrogens is 468 g/mol. The van der Waals surface area contributed by atoms with Gasteiger partial charge in [0.25, 0.3) is 11.8 Å². The van der Waals surface area contributed by atoms with Gasteiger partial charge in [0.05, 0.1) is 25.6 Å². The van der Waals surface area contributed by atoms with Crippen LogP contribution in [0.2, 0.25) is 5.02 Å². The molecule has 0 spiro atoms. The first-order chi connectivity index (χ1) is 16.7. The minimum absolute atomic E-state index is 0.175. The van der Waals surface area contributed by atoms with Crippen LogP contribution in [0.3, 0.4) is 0 Å². The summed E-state index contributed by atoms with van der Waals surface area (Å²) in [6.07, 6.45) is 0. The summed E-state index contributed by atoms with van der Waals surface area (Å²) in [6.45, 7) is 5.74. The van der Waals surface area contributed by atoms with Crippen molar-refractivity contribution < 1.29 is 23.8 Å². The highest BCUT2D eigenvalue weighted by Gasteiger charge is 2.17. The van der Waals surface area contributed by atoms with Gasteiger partial charge in [-0.1, -0.05) is 43.6 Å². The van der Waals surface area contributed by atoms with Gasteiger partial charge in [-0.15, -0.1) is 0 Å². The molecule has 0 aliphatic rings. The van der Waals surface area contributed by atoms with Crippen molar-refractivity contribution in [3.8, 4) is 17.2 Å². The van der Waals surface area contributed by atoms with E-state index < -0.39 is 0 Å². The minimum atomic E-state index is -0.381. The highest BCUT2D eigenvalue weighted by molar-refractivity contribution is 6.31. The predicted molar refractivity (Wildman–Crippen MR) is 138 cm³/mol. The first kappa shape index (κ1) is 25.9. The molecule has 35 heavy (non-hydrogen) atoms. The SMILES string of the molecule is COc1cc(NC(=O)c2ccccc2)c(OC)cc1NC(=O)COc1cc(C)c(Cl)cc1C(C)C. The fourth-order valence-electron chi connectivity index (χ4n) is 3.45. The van der Waals surface area contributed by atoms with Gasteiger partial charge in [0.2, 0.25) is 0 Å². The Morgan fingerprint density at radius 1 is 0.886 bits per heavy atom. The number of hydrogen-bond acceptors (Lipinski definition) is 5. The van der Waals surface area contributed by atoms with Crippen LogP contribution >= 0.6 is 11.6 Å². The number of anilines is 2. The van der Waals surface area contributed by atoms with Gasteiger partial charge in [0.1, 0.15) is 17.2 Å². The van der Waals surface area contributed by atoms with Gasteiger partial charge in [-0.2, -0.15) is 0 Å². The Morgan fingerprint density at radius 2 is 1.49 bits per heavy atom. The van der Waals surface area contributed by atoms with Crippen LogP contribution in [-0.2, 0) is 4.79 Å². The average molecular weight is 497 g/mol. The molecule has 0 unspecified atom stereocenters. The van der Waals surface area contributed by atoms with E-state index in [0.29, 0.717) is 39.2 Å². The molecule has 3 rings (SSSR count). The summed E-state index contributed by atoms with van der Waals surface area (Å²) < 4.78 is 16.7. The maximum atomic E-state index is 12.7. The lowest BCUT2D eigenvalue weighted by Crippen LogP contribution is -2.21. The number of ether oxygens (including phenoxy) is 3. The lowest BCUT2D eigenvalue weighted by molar-refractivity contribution is -0.118. The summed E-state index contributed by atoms with van der Waals surface area (Å²) in [4.78, 5) is 25.3. The van der Waals surface area contributed by atoms with Gasteiger partial charge in [-0.05, 0) is 48.2 Å². The third kappa shape index (κ3) is 6.45. The van der Waals surface area contributed by atoms with Crippen molar-refractivity contribution in [3.63, 3.8) is 0 Å². The molecule has 0 radical (unpaired) electrons. The molecule has 2 N–H and O–H groups in total. The van der Waals surface area contributed by atoms with Crippen LogP contribution in [0.5, 0.6) is 17.2 Å². The Labute approximate surface area is 210 Å². The molecule has 0 fully saturated rings. The first-order valence-electron chi connectivity index (χ1n) is 11.1. The summed E-state index contributed by atoms with van der Waals surface area (Å²) in [5, 5.41) is 6.25. The Bertz CT molecular complexity index is 1210. The number of hydrogen-bond donors (Lipinski definition) is 2. The number of amides is 2. The fraction of sp³-hybridized carbons (Fsp3) is 0.259. The second-order valence-corrected chi connectivity index (χ2v) is 8.61. The summed E-state index contributed by atoms with van der Waals surface area (Å²) in [5.41, 5.74) is 3.08. The third-order valence-corrected chi connectivity index (χ3v) is 5.76. The van der Waals surface area contributed by atoms with Gasteiger partial charge < -0.3 is 24.8 Å². The van der Waals surface area contributed by atoms with E-state index in [1.807, 2.05) is 39.0 Å². The van der Waals surface area contributed by atoms with Crippen LogP contribution in [-0.4, -0.2) is 32.6 Å². The van der Waals surface area contributed by atoms with E-state index in [-0.39, 0.29) is 24.3 Å². The fourth-order valence-corrected chi connectivity index (χ4v) is 3.63. The van der Waals surface area contributed by atoms with Crippen molar-refractivity contribution in [2.75, 3.05) is 31.5 Å². The second-order valence-electron chi connectivity index (χ2n) is 8.20. The van der Waals surface area contributed by atoms with E-state index >= 15 is 0 Å². The van der Waals surface area contributed by atoms with Crippen molar-refractivity contribution >= 4 is 34.8 Å². The number of aryl methyl sites for hydroxylation is 1. The number of nitrogens with one attached hydrogen (secondary N) is 2. The largest absolute Gasteiger partial charge is 0.494 e. The number of benzene rings is 3. The lowest BCUT2D eigenvalue weighted by atomic mass is 10.0. The molecular formula is C27H29ClN2O5. The number of halogens is 1. The van der Waals surface area contributed by atoms with Crippen LogP contribution in [0.25, 0.3) is 0 Å². The highest BCUT2D eigenvalue weighted by atomic mass is 35.5. The molecule has 3 aromatic rings. The van der Waals surface area contributed by atoms with Crippen LogP contribution in [0.4, 0.5) is 11.4 Å². The Hall–Kier alpha value is -3.71. The zero-order valence-corrected chi connectivity index (χ0v) is 21.2. The number of rotatable bonds is 9. The van der Waals surface area contributed by atoms with Crippen molar-refractivity contribution in [2.45, 2.75) is 26.7 Å². The number of methoxy groups -OCH3 is 2. The van der Waals surface area contributed by atoms with Crippen LogP contribution in [0, 0.1) is 6.92 Å². The van der Waals surface area contributed by atoms with E-state index in [9.17, 15) is 9.59 Å². The van der Waals surface area contributed by atoms with Crippen LogP contribution in [0.15, 0.2) is 54.6 Å². The lowest BCUT2D eigenvalue weighted by Gasteiger charge is -2.18. The van der Waals surface area contributed by atoms with E-state index in [1.54, 1.807) is 36.4 Å². The van der Waals surface area contributed by atoms with Crippen molar-refractivity contribution in [2.24, 2.45) is 0 Å². The number of carbonyl (C=O) groups excluding carboxylic acids is 2. The Kier molecular flexibility index (Phi) is 8.60. The molecule has 7 nitrogen and oxygen atoms in total. The maximum absolute atomic E-state index is 12.7. The third-order valence-electron chi connectivity index (χ3n) is 5.35. The molecule has 0 saturated heterocycles. The van der Waals surface area contributed by atoms with Crippen LogP contribution in [0.1, 0.15) is 41.3 Å². The molecule has 2 amide bonds. The quantitative estimate of drug-likeness (QED) is 0.376. The molecule has 0 bridgehead atoms. The molecule has 0 atom stereocenters. The summed E-state index contributed by atoms with van der Waals surface area (Å²) in [6, 6.07) is 15.7. The first-order valence-corrected chi connectivity index (χ1v) is 11.5.